The molecule has 1 fully saturated rings. The molecule has 0 spiro atoms. The fourth-order valence-electron chi connectivity index (χ4n) is 3.93. The predicted octanol–water partition coefficient (Wildman–Crippen LogP) is 2.41. The lowest BCUT2D eigenvalue weighted by atomic mass is 10.1. The van der Waals surface area contributed by atoms with E-state index in [1.54, 1.807) is 0 Å². The highest BCUT2D eigenvalue weighted by Gasteiger charge is 2.28. The van der Waals surface area contributed by atoms with E-state index in [-0.39, 0.29) is 11.9 Å². The van der Waals surface area contributed by atoms with E-state index in [0.29, 0.717) is 5.69 Å². The molecule has 25 heavy (non-hydrogen) atoms. The standard InChI is InChI=1S/C20H26N4O/c1-2-14-8-10-16(11-9-14)24-18-7-3-6-17(18)19(23-24)20(25)22-15-5-4-12-21-13-15/h8-11,15,21H,2-7,12-13H2,1H3,(H,22,25). The number of nitrogens with one attached hydrogen (secondary N) is 2. The average Bonchev–Trinajstić information content (AvgIpc) is 3.25. The summed E-state index contributed by atoms with van der Waals surface area (Å²) >= 11 is 0. The van der Waals surface area contributed by atoms with Crippen molar-refractivity contribution in [1.29, 1.82) is 0 Å². The fourth-order valence-corrected chi connectivity index (χ4v) is 3.93. The van der Waals surface area contributed by atoms with Crippen LogP contribution < -0.4 is 10.6 Å². The zero-order chi connectivity index (χ0) is 17.2. The normalized spacial score (nSPS) is 19.6. The second-order valence-electron chi connectivity index (χ2n) is 7.08. The van der Waals surface area contributed by atoms with Gasteiger partial charge in [0.15, 0.2) is 5.69 Å². The van der Waals surface area contributed by atoms with Crippen LogP contribution in [0.15, 0.2) is 24.3 Å². The van der Waals surface area contributed by atoms with Gasteiger partial charge < -0.3 is 10.6 Å². The van der Waals surface area contributed by atoms with Gasteiger partial charge in [0, 0.05) is 23.8 Å². The SMILES string of the molecule is CCc1ccc(-n2nc(C(=O)NC3CCCNC3)c3c2CCC3)cc1. The number of hydrogen-bond donors (Lipinski definition) is 2. The first-order chi connectivity index (χ1) is 12.3. The molecule has 2 N–H and O–H groups in total. The van der Waals surface area contributed by atoms with E-state index in [9.17, 15) is 4.79 Å². The van der Waals surface area contributed by atoms with Gasteiger partial charge in [0.05, 0.1) is 5.69 Å². The quantitative estimate of drug-likeness (QED) is 0.900. The highest BCUT2D eigenvalue weighted by molar-refractivity contribution is 5.94. The van der Waals surface area contributed by atoms with Gasteiger partial charge in [-0.2, -0.15) is 5.10 Å². The molecule has 1 saturated heterocycles. The summed E-state index contributed by atoms with van der Waals surface area (Å²) in [5.41, 5.74) is 5.33. The molecular formula is C20H26N4O. The molecule has 2 aliphatic rings. The Morgan fingerprint density at radius 3 is 2.84 bits per heavy atom. The van der Waals surface area contributed by atoms with Crippen molar-refractivity contribution in [2.45, 2.75) is 51.5 Å². The van der Waals surface area contributed by atoms with Crippen LogP contribution in [0.5, 0.6) is 0 Å². The molecule has 1 atom stereocenters. The Morgan fingerprint density at radius 2 is 2.12 bits per heavy atom. The third kappa shape index (κ3) is 3.21. The van der Waals surface area contributed by atoms with Crippen LogP contribution in [0.2, 0.25) is 0 Å². The van der Waals surface area contributed by atoms with E-state index >= 15 is 0 Å². The monoisotopic (exact) mass is 338 g/mol. The smallest absolute Gasteiger partial charge is 0.272 e. The lowest BCUT2D eigenvalue weighted by molar-refractivity contribution is 0.0924. The Balaban J connectivity index is 1.61. The Labute approximate surface area is 148 Å². The summed E-state index contributed by atoms with van der Waals surface area (Å²) in [7, 11) is 0. The minimum Gasteiger partial charge on any atom is -0.347 e. The van der Waals surface area contributed by atoms with Crippen molar-refractivity contribution in [3.63, 3.8) is 0 Å². The van der Waals surface area contributed by atoms with Crippen molar-refractivity contribution < 1.29 is 4.79 Å². The van der Waals surface area contributed by atoms with Crippen molar-refractivity contribution >= 4 is 5.91 Å². The maximum atomic E-state index is 12.8. The number of amides is 1. The minimum atomic E-state index is -0.0178. The summed E-state index contributed by atoms with van der Waals surface area (Å²) in [5.74, 6) is -0.0178. The van der Waals surface area contributed by atoms with Crippen LogP contribution in [-0.2, 0) is 19.3 Å². The van der Waals surface area contributed by atoms with Gasteiger partial charge in [-0.15, -0.1) is 0 Å². The molecule has 1 aromatic heterocycles. The summed E-state index contributed by atoms with van der Waals surface area (Å²) in [6, 6.07) is 8.72. The molecule has 5 nitrogen and oxygen atoms in total. The number of benzene rings is 1. The fraction of sp³-hybridized carbons (Fsp3) is 0.500. The summed E-state index contributed by atoms with van der Waals surface area (Å²) in [6.07, 6.45) is 6.23. The number of aryl methyl sites for hydroxylation is 1. The number of piperidine rings is 1. The summed E-state index contributed by atoms with van der Waals surface area (Å²) < 4.78 is 1.98. The second-order valence-corrected chi connectivity index (χ2v) is 7.08. The zero-order valence-electron chi connectivity index (χ0n) is 14.8. The third-order valence-corrected chi connectivity index (χ3v) is 5.37. The van der Waals surface area contributed by atoms with Gasteiger partial charge in [-0.05, 0) is 62.8 Å². The predicted molar refractivity (Wildman–Crippen MR) is 98.3 cm³/mol. The Morgan fingerprint density at radius 1 is 1.28 bits per heavy atom. The molecule has 1 aliphatic heterocycles. The molecule has 1 aromatic carbocycles. The van der Waals surface area contributed by atoms with Gasteiger partial charge in [0.2, 0.25) is 0 Å². The minimum absolute atomic E-state index is 0.0178. The molecule has 4 rings (SSSR count). The molecule has 2 heterocycles. The van der Waals surface area contributed by atoms with E-state index in [2.05, 4.69) is 41.8 Å². The van der Waals surface area contributed by atoms with E-state index in [4.69, 9.17) is 5.10 Å². The van der Waals surface area contributed by atoms with Crippen molar-refractivity contribution in [2.75, 3.05) is 13.1 Å². The van der Waals surface area contributed by atoms with Crippen LogP contribution in [0.4, 0.5) is 0 Å². The van der Waals surface area contributed by atoms with Crippen LogP contribution in [0, 0.1) is 0 Å². The van der Waals surface area contributed by atoms with Crippen LogP contribution in [-0.4, -0.2) is 34.8 Å². The highest BCUT2D eigenvalue weighted by Crippen LogP contribution is 2.28. The molecule has 1 aliphatic carbocycles. The van der Waals surface area contributed by atoms with E-state index in [1.165, 1.54) is 11.3 Å². The Kier molecular flexibility index (Phi) is 4.57. The van der Waals surface area contributed by atoms with E-state index in [1.807, 2.05) is 4.68 Å². The van der Waals surface area contributed by atoms with Gasteiger partial charge in [0.25, 0.3) is 5.91 Å². The Hall–Kier alpha value is -2.14. The Bertz CT molecular complexity index is 757. The van der Waals surface area contributed by atoms with Gasteiger partial charge in [0.1, 0.15) is 0 Å². The molecule has 1 unspecified atom stereocenters. The number of carbonyl (C=O) groups is 1. The number of carbonyl (C=O) groups excluding carboxylic acids is 1. The number of aromatic nitrogens is 2. The number of fused-ring (bicyclic) bond motifs is 1. The van der Waals surface area contributed by atoms with Crippen LogP contribution in [0.3, 0.4) is 0 Å². The molecule has 132 valence electrons. The van der Waals surface area contributed by atoms with Gasteiger partial charge >= 0.3 is 0 Å². The first-order valence-electron chi connectivity index (χ1n) is 9.48. The second kappa shape index (κ2) is 7.00. The first-order valence-corrected chi connectivity index (χ1v) is 9.48. The van der Waals surface area contributed by atoms with Gasteiger partial charge in [-0.25, -0.2) is 4.68 Å². The molecule has 2 aromatic rings. The van der Waals surface area contributed by atoms with E-state index in [0.717, 1.165) is 62.9 Å². The topological polar surface area (TPSA) is 59.0 Å². The first kappa shape index (κ1) is 16.3. The lowest BCUT2D eigenvalue weighted by Crippen LogP contribution is -2.45. The van der Waals surface area contributed by atoms with Crippen LogP contribution >= 0.6 is 0 Å². The molecule has 0 saturated carbocycles. The zero-order valence-corrected chi connectivity index (χ0v) is 14.8. The average molecular weight is 338 g/mol. The third-order valence-electron chi connectivity index (χ3n) is 5.37. The largest absolute Gasteiger partial charge is 0.347 e. The van der Waals surface area contributed by atoms with Gasteiger partial charge in [-0.3, -0.25) is 4.79 Å². The van der Waals surface area contributed by atoms with Crippen molar-refractivity contribution in [3.05, 3.63) is 46.8 Å². The number of nitrogens with zero attached hydrogens (tertiary/aromatic N) is 2. The van der Waals surface area contributed by atoms with Crippen molar-refractivity contribution in [2.24, 2.45) is 0 Å². The summed E-state index contributed by atoms with van der Waals surface area (Å²) in [5, 5.41) is 11.2. The summed E-state index contributed by atoms with van der Waals surface area (Å²) in [6.45, 7) is 4.06. The molecule has 0 bridgehead atoms. The molecule has 0 radical (unpaired) electrons. The van der Waals surface area contributed by atoms with Crippen LogP contribution in [0.25, 0.3) is 5.69 Å². The van der Waals surface area contributed by atoms with Crippen molar-refractivity contribution in [1.82, 2.24) is 20.4 Å². The number of rotatable bonds is 4. The highest BCUT2D eigenvalue weighted by atomic mass is 16.2. The maximum Gasteiger partial charge on any atom is 0.272 e. The molecule has 5 heteroatoms. The van der Waals surface area contributed by atoms with Gasteiger partial charge in [-0.1, -0.05) is 19.1 Å². The molecule has 1 amide bonds. The molecular weight excluding hydrogens is 312 g/mol. The van der Waals surface area contributed by atoms with Crippen molar-refractivity contribution in [3.8, 4) is 5.69 Å². The lowest BCUT2D eigenvalue weighted by Gasteiger charge is -2.23. The summed E-state index contributed by atoms with van der Waals surface area (Å²) in [4.78, 5) is 12.8. The van der Waals surface area contributed by atoms with E-state index < -0.39 is 0 Å². The van der Waals surface area contributed by atoms with Crippen LogP contribution in [0.1, 0.15) is 53.5 Å². The number of hydrogen-bond acceptors (Lipinski definition) is 3. The maximum absolute atomic E-state index is 12.8.